The van der Waals surface area contributed by atoms with E-state index in [1.54, 1.807) is 24.3 Å². The van der Waals surface area contributed by atoms with Crippen molar-refractivity contribution in [1.82, 2.24) is 4.90 Å². The van der Waals surface area contributed by atoms with E-state index in [1.165, 1.54) is 11.0 Å². The minimum Gasteiger partial charge on any atom is -0.451 e. The summed E-state index contributed by atoms with van der Waals surface area (Å²) in [7, 11) is -3.18. The first-order chi connectivity index (χ1) is 13.8. The number of para-hydroxylation sites is 1. The first-order valence-corrected chi connectivity index (χ1v) is 11.2. The number of carbonyl (C=O) groups excluding carboxylic acids is 1. The number of amides is 1. The van der Waals surface area contributed by atoms with Crippen LogP contribution in [0.2, 0.25) is 0 Å². The Kier molecular flexibility index (Phi) is 5.00. The van der Waals surface area contributed by atoms with E-state index in [4.69, 9.17) is 4.42 Å². The average molecular weight is 411 g/mol. The topological polar surface area (TPSA) is 84.7 Å². The SMILES string of the molecule is Cc1ccc(CN(C(=O)c2cc(=O)c3ccccc3o2)[C@H]2CCS(=O)(=O)C2)cc1. The molecule has 0 N–H and O–H groups in total. The fourth-order valence-electron chi connectivity index (χ4n) is 3.63. The molecule has 1 aromatic heterocycles. The molecule has 1 fully saturated rings. The minimum absolute atomic E-state index is 0.0526. The Labute approximate surface area is 168 Å². The Morgan fingerprint density at radius 3 is 2.55 bits per heavy atom. The van der Waals surface area contributed by atoms with E-state index >= 15 is 0 Å². The van der Waals surface area contributed by atoms with Crippen molar-refractivity contribution in [3.05, 3.63) is 81.7 Å². The van der Waals surface area contributed by atoms with Gasteiger partial charge in [-0.15, -0.1) is 0 Å². The van der Waals surface area contributed by atoms with Gasteiger partial charge in [-0.05, 0) is 31.0 Å². The summed E-state index contributed by atoms with van der Waals surface area (Å²) in [4.78, 5) is 27.2. The Morgan fingerprint density at radius 2 is 1.86 bits per heavy atom. The zero-order chi connectivity index (χ0) is 20.6. The lowest BCUT2D eigenvalue weighted by Gasteiger charge is -2.28. The van der Waals surface area contributed by atoms with Gasteiger partial charge in [0.2, 0.25) is 0 Å². The monoisotopic (exact) mass is 411 g/mol. The molecule has 29 heavy (non-hydrogen) atoms. The van der Waals surface area contributed by atoms with Crippen LogP contribution in [-0.2, 0) is 16.4 Å². The van der Waals surface area contributed by atoms with Gasteiger partial charge < -0.3 is 9.32 Å². The highest BCUT2D eigenvalue weighted by Crippen LogP contribution is 2.23. The van der Waals surface area contributed by atoms with Crippen molar-refractivity contribution in [3.8, 4) is 0 Å². The van der Waals surface area contributed by atoms with Crippen molar-refractivity contribution >= 4 is 26.7 Å². The average Bonchev–Trinajstić information content (AvgIpc) is 3.06. The van der Waals surface area contributed by atoms with Crippen LogP contribution in [-0.4, -0.2) is 36.8 Å². The lowest BCUT2D eigenvalue weighted by Crippen LogP contribution is -2.40. The van der Waals surface area contributed by atoms with Crippen LogP contribution in [0.25, 0.3) is 11.0 Å². The van der Waals surface area contributed by atoms with Crippen molar-refractivity contribution in [2.75, 3.05) is 11.5 Å². The van der Waals surface area contributed by atoms with Crippen LogP contribution in [0.15, 0.2) is 63.8 Å². The Hall–Kier alpha value is -2.93. The number of hydrogen-bond donors (Lipinski definition) is 0. The maximum atomic E-state index is 13.3. The summed E-state index contributed by atoms with van der Waals surface area (Å²) in [5.41, 5.74) is 2.01. The molecule has 7 heteroatoms. The molecule has 0 aliphatic carbocycles. The van der Waals surface area contributed by atoms with Crippen molar-refractivity contribution in [3.63, 3.8) is 0 Å². The molecule has 150 valence electrons. The van der Waals surface area contributed by atoms with Crippen LogP contribution >= 0.6 is 0 Å². The number of rotatable bonds is 4. The van der Waals surface area contributed by atoms with Crippen LogP contribution < -0.4 is 5.43 Å². The molecule has 2 aromatic carbocycles. The van der Waals surface area contributed by atoms with Crippen molar-refractivity contribution in [2.24, 2.45) is 0 Å². The Bertz CT molecular complexity index is 1230. The molecule has 1 aliphatic rings. The van der Waals surface area contributed by atoms with E-state index in [-0.39, 0.29) is 29.2 Å². The predicted molar refractivity (Wildman–Crippen MR) is 111 cm³/mol. The molecule has 0 radical (unpaired) electrons. The second-order valence-corrected chi connectivity index (χ2v) is 9.68. The van der Waals surface area contributed by atoms with Gasteiger partial charge in [-0.3, -0.25) is 9.59 Å². The molecule has 0 bridgehead atoms. The van der Waals surface area contributed by atoms with E-state index in [9.17, 15) is 18.0 Å². The van der Waals surface area contributed by atoms with Gasteiger partial charge in [0, 0.05) is 18.7 Å². The summed E-state index contributed by atoms with van der Waals surface area (Å²) < 4.78 is 29.8. The molecule has 2 heterocycles. The summed E-state index contributed by atoms with van der Waals surface area (Å²) in [5.74, 6) is -0.583. The zero-order valence-electron chi connectivity index (χ0n) is 16.0. The third-order valence-corrected chi connectivity index (χ3v) is 6.98. The maximum absolute atomic E-state index is 13.3. The molecule has 1 atom stereocenters. The van der Waals surface area contributed by atoms with E-state index in [0.29, 0.717) is 17.4 Å². The van der Waals surface area contributed by atoms with E-state index in [2.05, 4.69) is 0 Å². The molecule has 0 unspecified atom stereocenters. The maximum Gasteiger partial charge on any atom is 0.290 e. The van der Waals surface area contributed by atoms with E-state index in [1.807, 2.05) is 31.2 Å². The molecule has 1 amide bonds. The van der Waals surface area contributed by atoms with Gasteiger partial charge in [-0.2, -0.15) is 0 Å². The lowest BCUT2D eigenvalue weighted by molar-refractivity contribution is 0.0648. The van der Waals surface area contributed by atoms with Gasteiger partial charge in [0.05, 0.1) is 16.9 Å². The van der Waals surface area contributed by atoms with Crippen LogP contribution in [0, 0.1) is 6.92 Å². The summed E-state index contributed by atoms with van der Waals surface area (Å²) in [6, 6.07) is 15.2. The number of carbonyl (C=O) groups is 1. The van der Waals surface area contributed by atoms with Gasteiger partial charge in [0.25, 0.3) is 5.91 Å². The number of fused-ring (bicyclic) bond motifs is 1. The van der Waals surface area contributed by atoms with Gasteiger partial charge >= 0.3 is 0 Å². The normalized spacial score (nSPS) is 18.0. The molecule has 6 nitrogen and oxygen atoms in total. The quantitative estimate of drug-likeness (QED) is 0.659. The van der Waals surface area contributed by atoms with Crippen LogP contribution in [0.3, 0.4) is 0 Å². The van der Waals surface area contributed by atoms with Crippen LogP contribution in [0.1, 0.15) is 28.1 Å². The highest BCUT2D eigenvalue weighted by molar-refractivity contribution is 7.91. The summed E-state index contributed by atoms with van der Waals surface area (Å²) in [5, 5.41) is 0.401. The molecular weight excluding hydrogens is 390 g/mol. The fraction of sp³-hybridized carbons (Fsp3) is 0.273. The third kappa shape index (κ3) is 4.10. The molecular formula is C22H21NO5S. The number of sulfone groups is 1. The van der Waals surface area contributed by atoms with E-state index < -0.39 is 21.8 Å². The number of benzene rings is 2. The second kappa shape index (κ2) is 7.48. The van der Waals surface area contributed by atoms with E-state index in [0.717, 1.165) is 11.1 Å². The number of hydrogen-bond acceptors (Lipinski definition) is 5. The third-order valence-electron chi connectivity index (χ3n) is 5.23. The fourth-order valence-corrected chi connectivity index (χ4v) is 5.36. The summed E-state index contributed by atoms with van der Waals surface area (Å²) in [6.45, 7) is 2.22. The number of nitrogens with zero attached hydrogens (tertiary/aromatic N) is 1. The molecule has 3 aromatic rings. The minimum atomic E-state index is -3.18. The lowest BCUT2D eigenvalue weighted by atomic mass is 10.1. The standard InChI is InChI=1S/C22H21NO5S/c1-15-6-8-16(9-7-15)13-23(17-10-11-29(26,27)14-17)22(25)21-12-19(24)18-4-2-3-5-20(18)28-21/h2-9,12,17H,10-11,13-14H2,1H3/t17-/m0/s1. The first-order valence-electron chi connectivity index (χ1n) is 9.42. The van der Waals surface area contributed by atoms with Crippen molar-refractivity contribution in [2.45, 2.75) is 25.9 Å². The smallest absolute Gasteiger partial charge is 0.290 e. The van der Waals surface area contributed by atoms with Gasteiger partial charge in [-0.1, -0.05) is 42.0 Å². The Morgan fingerprint density at radius 1 is 1.14 bits per heavy atom. The predicted octanol–water partition coefficient (Wildman–Crippen LogP) is 2.93. The van der Waals surface area contributed by atoms with Crippen molar-refractivity contribution < 1.29 is 17.6 Å². The molecule has 4 rings (SSSR count). The summed E-state index contributed by atoms with van der Waals surface area (Å²) in [6.07, 6.45) is 0.373. The molecule has 1 saturated heterocycles. The van der Waals surface area contributed by atoms with Gasteiger partial charge in [0.15, 0.2) is 21.0 Å². The molecule has 0 spiro atoms. The first kappa shape index (κ1) is 19.4. The van der Waals surface area contributed by atoms with Gasteiger partial charge in [-0.25, -0.2) is 8.42 Å². The zero-order valence-corrected chi connectivity index (χ0v) is 16.8. The summed E-state index contributed by atoms with van der Waals surface area (Å²) >= 11 is 0. The van der Waals surface area contributed by atoms with Crippen molar-refractivity contribution in [1.29, 1.82) is 0 Å². The Balaban J connectivity index is 1.72. The molecule has 1 aliphatic heterocycles. The van der Waals surface area contributed by atoms with Crippen LogP contribution in [0.5, 0.6) is 0 Å². The van der Waals surface area contributed by atoms with Gasteiger partial charge in [0.1, 0.15) is 5.58 Å². The highest BCUT2D eigenvalue weighted by atomic mass is 32.2. The number of aryl methyl sites for hydroxylation is 1. The molecule has 0 saturated carbocycles. The second-order valence-electron chi connectivity index (χ2n) is 7.45. The highest BCUT2D eigenvalue weighted by Gasteiger charge is 2.36. The largest absolute Gasteiger partial charge is 0.451 e. The van der Waals surface area contributed by atoms with Crippen LogP contribution in [0.4, 0.5) is 0 Å².